The number of piperidine rings is 1. The number of pyridine rings is 2. The molecule has 0 radical (unpaired) electrons. The molecule has 2 aliphatic heterocycles. The van der Waals surface area contributed by atoms with Crippen LogP contribution in [0.4, 0.5) is 5.82 Å². The van der Waals surface area contributed by atoms with Gasteiger partial charge in [0.05, 0.1) is 30.7 Å². The molecule has 2 aliphatic rings. The van der Waals surface area contributed by atoms with E-state index in [1.807, 2.05) is 24.1 Å². The van der Waals surface area contributed by atoms with Crippen LogP contribution in [0.5, 0.6) is 0 Å². The largest absolute Gasteiger partial charge is 0.368 e. The summed E-state index contributed by atoms with van der Waals surface area (Å²) in [6.45, 7) is 5.09. The molecule has 2 fully saturated rings. The molecule has 0 saturated carbocycles. The summed E-state index contributed by atoms with van der Waals surface area (Å²) in [5.41, 5.74) is 10.2. The number of aromatic nitrogens is 4. The number of morpholine rings is 1. The molecule has 4 aromatic rings. The van der Waals surface area contributed by atoms with E-state index >= 15 is 0 Å². The number of nitrogens with zero attached hydrogens (tertiary/aromatic N) is 6. The van der Waals surface area contributed by atoms with E-state index in [0.29, 0.717) is 24.4 Å². The van der Waals surface area contributed by atoms with Crippen LogP contribution >= 0.6 is 0 Å². The number of nitrogens with two attached hydrogens (primary N) is 1. The number of likely N-dealkylation sites (tertiary alicyclic amines) is 1. The summed E-state index contributed by atoms with van der Waals surface area (Å²) in [5, 5.41) is 6.84. The lowest BCUT2D eigenvalue weighted by atomic mass is 10.0. The van der Waals surface area contributed by atoms with Crippen LogP contribution in [0.2, 0.25) is 0 Å². The fourth-order valence-corrected chi connectivity index (χ4v) is 5.50. The maximum Gasteiger partial charge on any atom is 0.248 e. The van der Waals surface area contributed by atoms with Crippen molar-refractivity contribution in [1.29, 1.82) is 0 Å². The molecule has 3 aromatic heterocycles. The maximum atomic E-state index is 11.6. The second kappa shape index (κ2) is 10.5. The molecule has 9 heteroatoms. The van der Waals surface area contributed by atoms with Crippen molar-refractivity contribution < 1.29 is 9.53 Å². The zero-order valence-corrected chi connectivity index (χ0v) is 21.7. The number of aryl methyl sites for hydroxylation is 1. The summed E-state index contributed by atoms with van der Waals surface area (Å²) in [5.74, 6) is 0.426. The number of hydrogen-bond donors (Lipinski definition) is 1. The van der Waals surface area contributed by atoms with Gasteiger partial charge >= 0.3 is 0 Å². The van der Waals surface area contributed by atoms with E-state index in [1.165, 1.54) is 36.1 Å². The van der Waals surface area contributed by atoms with Gasteiger partial charge in [0.15, 0.2) is 0 Å². The fourth-order valence-electron chi connectivity index (χ4n) is 5.50. The Labute approximate surface area is 222 Å². The Balaban J connectivity index is 1.26. The maximum absolute atomic E-state index is 11.6. The Kier molecular flexibility index (Phi) is 6.78. The third-order valence-electron chi connectivity index (χ3n) is 7.69. The van der Waals surface area contributed by atoms with E-state index in [4.69, 9.17) is 15.5 Å². The molecule has 1 atom stereocenters. The summed E-state index contributed by atoms with van der Waals surface area (Å²) in [7, 11) is 2.04. The summed E-state index contributed by atoms with van der Waals surface area (Å²) < 4.78 is 8.01. The van der Waals surface area contributed by atoms with E-state index in [9.17, 15) is 4.79 Å². The molecule has 0 aliphatic carbocycles. The van der Waals surface area contributed by atoms with Gasteiger partial charge in [-0.3, -0.25) is 19.4 Å². The van der Waals surface area contributed by atoms with Gasteiger partial charge in [-0.15, -0.1) is 0 Å². The van der Waals surface area contributed by atoms with Crippen LogP contribution in [0, 0.1) is 0 Å². The Morgan fingerprint density at radius 3 is 2.74 bits per heavy atom. The average Bonchev–Trinajstić information content (AvgIpc) is 3.32. The minimum atomic E-state index is -0.471. The molecular weight excluding hydrogens is 478 g/mol. The van der Waals surface area contributed by atoms with Crippen LogP contribution in [-0.2, 0) is 18.3 Å². The van der Waals surface area contributed by atoms with Crippen LogP contribution in [-0.4, -0.2) is 63.3 Å². The molecule has 6 rings (SSSR count). The Morgan fingerprint density at radius 2 is 1.89 bits per heavy atom. The van der Waals surface area contributed by atoms with Crippen LogP contribution in [0.3, 0.4) is 0 Å². The van der Waals surface area contributed by atoms with E-state index in [2.05, 4.69) is 44.1 Å². The molecule has 0 bridgehead atoms. The lowest BCUT2D eigenvalue weighted by molar-refractivity contribution is 0.0367. The summed E-state index contributed by atoms with van der Waals surface area (Å²) in [4.78, 5) is 25.6. The predicted octanol–water partition coefficient (Wildman–Crippen LogP) is 3.69. The van der Waals surface area contributed by atoms with E-state index in [0.717, 1.165) is 42.8 Å². The minimum absolute atomic E-state index is 0.264. The smallest absolute Gasteiger partial charge is 0.248 e. The summed E-state index contributed by atoms with van der Waals surface area (Å²) in [6.07, 6.45) is 9.13. The van der Waals surface area contributed by atoms with Crippen LogP contribution in [0.15, 0.2) is 55.0 Å². The molecule has 2 saturated heterocycles. The highest BCUT2D eigenvalue weighted by atomic mass is 16.5. The second-order valence-electron chi connectivity index (χ2n) is 10.2. The van der Waals surface area contributed by atoms with Gasteiger partial charge < -0.3 is 15.4 Å². The topological polar surface area (TPSA) is 102 Å². The number of amides is 1. The standard InChI is InChI=1S/C29H33N7O2/c1-34-26(18-35-9-3-2-4-10-35)24(17-33-34)20-5-6-22-16-32-28(15-23(22)13-20)36-11-12-38-27(19-36)25-14-21(29(30)37)7-8-31-25/h5-8,13-17,27H,2-4,9-12,18-19H2,1H3,(H2,30,37). The molecule has 38 heavy (non-hydrogen) atoms. The molecule has 196 valence electrons. The number of carbonyl (C=O) groups is 1. The number of fused-ring (bicyclic) bond motifs is 1. The number of hydrogen-bond acceptors (Lipinski definition) is 7. The van der Waals surface area contributed by atoms with Gasteiger partial charge in [-0.2, -0.15) is 5.10 Å². The third kappa shape index (κ3) is 4.99. The van der Waals surface area contributed by atoms with Gasteiger partial charge in [-0.25, -0.2) is 4.98 Å². The molecule has 1 aromatic carbocycles. The van der Waals surface area contributed by atoms with Gasteiger partial charge in [0.2, 0.25) is 5.91 Å². The molecule has 5 heterocycles. The van der Waals surface area contributed by atoms with Crippen LogP contribution in [0.25, 0.3) is 21.9 Å². The molecular formula is C29H33N7O2. The SMILES string of the molecule is Cn1ncc(-c2ccc3cnc(N4CCOC(c5cc(C(N)=O)ccn5)C4)cc3c2)c1CN1CCCCC1. The van der Waals surface area contributed by atoms with Gasteiger partial charge in [0, 0.05) is 49.0 Å². The van der Waals surface area contributed by atoms with Gasteiger partial charge in [0.25, 0.3) is 0 Å². The first-order valence-corrected chi connectivity index (χ1v) is 13.3. The van der Waals surface area contributed by atoms with Crippen molar-refractivity contribution in [2.24, 2.45) is 12.8 Å². The molecule has 1 amide bonds. The number of ether oxygens (including phenoxy) is 1. The molecule has 9 nitrogen and oxygen atoms in total. The molecule has 0 spiro atoms. The zero-order chi connectivity index (χ0) is 26.1. The summed E-state index contributed by atoms with van der Waals surface area (Å²) in [6, 6.07) is 12.0. The fraction of sp³-hybridized carbons (Fsp3) is 0.379. The average molecular weight is 512 g/mol. The quantitative estimate of drug-likeness (QED) is 0.421. The van der Waals surface area contributed by atoms with Crippen molar-refractivity contribution in [1.82, 2.24) is 24.6 Å². The highest BCUT2D eigenvalue weighted by molar-refractivity contribution is 5.92. The number of carbonyl (C=O) groups excluding carboxylic acids is 1. The monoisotopic (exact) mass is 511 g/mol. The first-order valence-electron chi connectivity index (χ1n) is 13.3. The number of benzene rings is 1. The Bertz CT molecular complexity index is 1460. The predicted molar refractivity (Wildman–Crippen MR) is 147 cm³/mol. The lowest BCUT2D eigenvalue weighted by Crippen LogP contribution is -2.39. The lowest BCUT2D eigenvalue weighted by Gasteiger charge is -2.33. The van der Waals surface area contributed by atoms with Gasteiger partial charge in [-0.05, 0) is 61.1 Å². The van der Waals surface area contributed by atoms with Gasteiger partial charge in [-0.1, -0.05) is 18.6 Å². The first-order chi connectivity index (χ1) is 18.5. The van der Waals surface area contributed by atoms with E-state index in [-0.39, 0.29) is 6.10 Å². The van der Waals surface area contributed by atoms with Crippen molar-refractivity contribution in [3.05, 3.63) is 71.9 Å². The molecule has 1 unspecified atom stereocenters. The Morgan fingerprint density at radius 1 is 1.03 bits per heavy atom. The number of rotatable bonds is 6. The van der Waals surface area contributed by atoms with Crippen LogP contribution in [0.1, 0.15) is 47.1 Å². The third-order valence-corrected chi connectivity index (χ3v) is 7.69. The highest BCUT2D eigenvalue weighted by Gasteiger charge is 2.25. The summed E-state index contributed by atoms with van der Waals surface area (Å²) >= 11 is 0. The Hall–Kier alpha value is -3.82. The van der Waals surface area contributed by atoms with E-state index < -0.39 is 5.91 Å². The van der Waals surface area contributed by atoms with Crippen molar-refractivity contribution in [3.63, 3.8) is 0 Å². The molecule has 2 N–H and O–H groups in total. The zero-order valence-electron chi connectivity index (χ0n) is 21.7. The van der Waals surface area contributed by atoms with Crippen molar-refractivity contribution in [2.75, 3.05) is 37.7 Å². The van der Waals surface area contributed by atoms with Gasteiger partial charge in [0.1, 0.15) is 11.9 Å². The van der Waals surface area contributed by atoms with Crippen molar-refractivity contribution >= 4 is 22.5 Å². The number of anilines is 1. The van der Waals surface area contributed by atoms with Crippen LogP contribution < -0.4 is 10.6 Å². The van der Waals surface area contributed by atoms with Crippen molar-refractivity contribution in [2.45, 2.75) is 31.9 Å². The van der Waals surface area contributed by atoms with Crippen molar-refractivity contribution in [3.8, 4) is 11.1 Å². The first kappa shape index (κ1) is 24.5. The minimum Gasteiger partial charge on any atom is -0.368 e. The number of primary amides is 1. The highest BCUT2D eigenvalue weighted by Crippen LogP contribution is 2.31. The van der Waals surface area contributed by atoms with E-state index in [1.54, 1.807) is 18.3 Å². The normalized spacial score (nSPS) is 18.7. The second-order valence-corrected chi connectivity index (χ2v) is 10.2.